The predicted octanol–water partition coefficient (Wildman–Crippen LogP) is 6.31. The molecule has 1 atom stereocenters. The van der Waals surface area contributed by atoms with E-state index in [-0.39, 0.29) is 11.5 Å². The minimum Gasteiger partial charge on any atom is -0.490 e. The summed E-state index contributed by atoms with van der Waals surface area (Å²) < 4.78 is 12.8. The van der Waals surface area contributed by atoms with E-state index in [1.165, 1.54) is 59.1 Å². The molecule has 3 heteroatoms. The largest absolute Gasteiger partial charge is 0.490 e. The van der Waals surface area contributed by atoms with Crippen LogP contribution < -0.4 is 14.8 Å². The summed E-state index contributed by atoms with van der Waals surface area (Å²) in [5.41, 5.74) is 7.53. The fourth-order valence-corrected chi connectivity index (χ4v) is 5.23. The molecule has 0 bridgehead atoms. The first-order chi connectivity index (χ1) is 14.8. The van der Waals surface area contributed by atoms with Gasteiger partial charge in [-0.1, -0.05) is 38.1 Å². The fraction of sp³-hybridized carbons (Fsp3) is 0.571. The van der Waals surface area contributed by atoms with Crippen LogP contribution in [0.25, 0.3) is 0 Å². The molecule has 1 saturated carbocycles. The monoisotopic (exact) mass is 421 g/mol. The average molecular weight is 422 g/mol. The minimum atomic E-state index is -0.0929. The molecule has 2 aromatic carbocycles. The van der Waals surface area contributed by atoms with Crippen LogP contribution in [-0.4, -0.2) is 25.3 Å². The van der Waals surface area contributed by atoms with Gasteiger partial charge in [-0.2, -0.15) is 0 Å². The Morgan fingerprint density at radius 3 is 1.58 bits per heavy atom. The Morgan fingerprint density at radius 2 is 1.16 bits per heavy atom. The number of benzene rings is 2. The third-order valence-electron chi connectivity index (χ3n) is 7.25. The Bertz CT molecular complexity index is 813. The van der Waals surface area contributed by atoms with Crippen LogP contribution in [0.4, 0.5) is 0 Å². The van der Waals surface area contributed by atoms with Crippen LogP contribution in [0.5, 0.6) is 11.5 Å². The van der Waals surface area contributed by atoms with Crippen molar-refractivity contribution in [2.45, 2.75) is 91.3 Å². The molecule has 2 fully saturated rings. The second-order valence-electron chi connectivity index (χ2n) is 10.3. The highest BCUT2D eigenvalue weighted by Gasteiger charge is 2.28. The van der Waals surface area contributed by atoms with E-state index < -0.39 is 0 Å². The lowest BCUT2D eigenvalue weighted by atomic mass is 9.76. The number of rotatable bonds is 6. The maximum atomic E-state index is 6.41. The van der Waals surface area contributed by atoms with Crippen molar-refractivity contribution in [3.05, 3.63) is 57.6 Å². The minimum absolute atomic E-state index is 0.0929. The van der Waals surface area contributed by atoms with Gasteiger partial charge in [0.25, 0.3) is 0 Å². The van der Waals surface area contributed by atoms with E-state index in [1.54, 1.807) is 0 Å². The third-order valence-corrected chi connectivity index (χ3v) is 7.25. The molecule has 4 rings (SSSR count). The molecule has 0 amide bonds. The molecule has 0 radical (unpaired) electrons. The number of nitrogens with one attached hydrogen (secondary N) is 1. The lowest BCUT2D eigenvalue weighted by Gasteiger charge is -2.30. The standard InChI is InChI=1S/C28H39NO2/c1-18-13-22(14-19(2)26(18)30-24-9-7-8-10-24)28(5,6)23-15-20(3)27(21(4)16-23)31-25-11-12-29-17-25/h13-16,24-25,29H,7-12,17H2,1-6H3. The van der Waals surface area contributed by atoms with Gasteiger partial charge in [0.1, 0.15) is 17.6 Å². The van der Waals surface area contributed by atoms with Gasteiger partial charge in [-0.05, 0) is 99.7 Å². The molecule has 168 valence electrons. The van der Waals surface area contributed by atoms with E-state index in [0.717, 1.165) is 31.0 Å². The number of hydrogen-bond donors (Lipinski definition) is 1. The van der Waals surface area contributed by atoms with Crippen LogP contribution in [0.3, 0.4) is 0 Å². The Kier molecular flexibility index (Phi) is 6.35. The van der Waals surface area contributed by atoms with Crippen molar-refractivity contribution in [3.63, 3.8) is 0 Å². The molecule has 3 nitrogen and oxygen atoms in total. The molecule has 0 spiro atoms. The van der Waals surface area contributed by atoms with Crippen molar-refractivity contribution in [1.82, 2.24) is 5.32 Å². The van der Waals surface area contributed by atoms with E-state index in [0.29, 0.717) is 6.10 Å². The molecule has 2 aliphatic rings. The maximum absolute atomic E-state index is 6.41. The van der Waals surface area contributed by atoms with Crippen LogP contribution >= 0.6 is 0 Å². The van der Waals surface area contributed by atoms with Crippen LogP contribution in [0.15, 0.2) is 24.3 Å². The first-order valence-electron chi connectivity index (χ1n) is 12.0. The first-order valence-corrected chi connectivity index (χ1v) is 12.0. The zero-order valence-corrected chi connectivity index (χ0v) is 20.2. The molecule has 1 aliphatic carbocycles. The summed E-state index contributed by atoms with van der Waals surface area (Å²) in [5, 5.41) is 3.39. The summed E-state index contributed by atoms with van der Waals surface area (Å²) in [6.45, 7) is 15.4. The second kappa shape index (κ2) is 8.86. The Labute approximate surface area is 188 Å². The lowest BCUT2D eigenvalue weighted by molar-refractivity contribution is 0.207. The summed E-state index contributed by atoms with van der Waals surface area (Å²) in [5.74, 6) is 2.15. The third kappa shape index (κ3) is 4.62. The smallest absolute Gasteiger partial charge is 0.125 e. The molecule has 2 aromatic rings. The van der Waals surface area contributed by atoms with Crippen molar-refractivity contribution in [2.24, 2.45) is 0 Å². The van der Waals surface area contributed by atoms with E-state index in [2.05, 4.69) is 71.1 Å². The van der Waals surface area contributed by atoms with Crippen molar-refractivity contribution in [1.29, 1.82) is 0 Å². The van der Waals surface area contributed by atoms with E-state index in [1.807, 2.05) is 0 Å². The molecular formula is C28H39NO2. The van der Waals surface area contributed by atoms with Crippen LogP contribution in [0, 0.1) is 27.7 Å². The van der Waals surface area contributed by atoms with Gasteiger partial charge in [0.05, 0.1) is 6.10 Å². The number of aryl methyl sites for hydroxylation is 4. The van der Waals surface area contributed by atoms with Gasteiger partial charge in [0, 0.05) is 12.0 Å². The quantitative estimate of drug-likeness (QED) is 0.593. The summed E-state index contributed by atoms with van der Waals surface area (Å²) in [7, 11) is 0. The number of ether oxygens (including phenoxy) is 2. The van der Waals surface area contributed by atoms with Crippen molar-refractivity contribution < 1.29 is 9.47 Å². The highest BCUT2D eigenvalue weighted by molar-refractivity contribution is 5.52. The van der Waals surface area contributed by atoms with Crippen molar-refractivity contribution in [3.8, 4) is 11.5 Å². The normalized spacial score (nSPS) is 19.7. The van der Waals surface area contributed by atoms with Gasteiger partial charge in [-0.3, -0.25) is 0 Å². The SMILES string of the molecule is Cc1cc(C(C)(C)c2cc(C)c(OC3CCNC3)c(C)c2)cc(C)c1OC1CCCC1. The van der Waals surface area contributed by atoms with E-state index in [9.17, 15) is 0 Å². The van der Waals surface area contributed by atoms with Gasteiger partial charge in [-0.25, -0.2) is 0 Å². The molecule has 31 heavy (non-hydrogen) atoms. The average Bonchev–Trinajstić information content (AvgIpc) is 3.41. The van der Waals surface area contributed by atoms with E-state index in [4.69, 9.17) is 9.47 Å². The lowest BCUT2D eigenvalue weighted by Crippen LogP contribution is -2.22. The van der Waals surface area contributed by atoms with Crippen LogP contribution in [0.1, 0.15) is 79.3 Å². The Hall–Kier alpha value is -2.00. The molecule has 1 N–H and O–H groups in total. The summed E-state index contributed by atoms with van der Waals surface area (Å²) >= 11 is 0. The van der Waals surface area contributed by atoms with Crippen LogP contribution in [0.2, 0.25) is 0 Å². The number of hydrogen-bond acceptors (Lipinski definition) is 3. The van der Waals surface area contributed by atoms with Crippen LogP contribution in [-0.2, 0) is 5.41 Å². The zero-order chi connectivity index (χ0) is 22.2. The first kappa shape index (κ1) is 22.2. The van der Waals surface area contributed by atoms with Gasteiger partial charge < -0.3 is 14.8 Å². The highest BCUT2D eigenvalue weighted by Crippen LogP contribution is 2.39. The predicted molar refractivity (Wildman–Crippen MR) is 129 cm³/mol. The maximum Gasteiger partial charge on any atom is 0.125 e. The molecule has 0 aromatic heterocycles. The molecular weight excluding hydrogens is 382 g/mol. The summed E-state index contributed by atoms with van der Waals surface area (Å²) in [4.78, 5) is 0. The van der Waals surface area contributed by atoms with E-state index >= 15 is 0 Å². The topological polar surface area (TPSA) is 30.5 Å². The second-order valence-corrected chi connectivity index (χ2v) is 10.3. The van der Waals surface area contributed by atoms with Crippen molar-refractivity contribution in [2.75, 3.05) is 13.1 Å². The summed E-state index contributed by atoms with van der Waals surface area (Å²) in [6, 6.07) is 9.30. The van der Waals surface area contributed by atoms with Crippen molar-refractivity contribution >= 4 is 0 Å². The molecule has 1 unspecified atom stereocenters. The fourth-order valence-electron chi connectivity index (χ4n) is 5.23. The molecule has 1 aliphatic heterocycles. The highest BCUT2D eigenvalue weighted by atomic mass is 16.5. The molecule has 1 heterocycles. The molecule has 1 saturated heterocycles. The summed E-state index contributed by atoms with van der Waals surface area (Å²) in [6.07, 6.45) is 6.73. The van der Waals surface area contributed by atoms with Gasteiger partial charge in [0.15, 0.2) is 0 Å². The van der Waals surface area contributed by atoms with Gasteiger partial charge in [-0.15, -0.1) is 0 Å². The Morgan fingerprint density at radius 1 is 0.710 bits per heavy atom. The van der Waals surface area contributed by atoms with Gasteiger partial charge >= 0.3 is 0 Å². The Balaban J connectivity index is 1.61. The zero-order valence-electron chi connectivity index (χ0n) is 20.2. The van der Waals surface area contributed by atoms with Gasteiger partial charge in [0.2, 0.25) is 0 Å².